The van der Waals surface area contributed by atoms with Gasteiger partial charge >= 0.3 is 12.0 Å². The van der Waals surface area contributed by atoms with Crippen molar-refractivity contribution in [3.63, 3.8) is 0 Å². The molecule has 9 nitrogen and oxygen atoms in total. The summed E-state index contributed by atoms with van der Waals surface area (Å²) in [6, 6.07) is 8.68. The van der Waals surface area contributed by atoms with Crippen LogP contribution in [-0.2, 0) is 20.9 Å². The zero-order valence-electron chi connectivity index (χ0n) is 14.5. The van der Waals surface area contributed by atoms with Crippen molar-refractivity contribution in [2.75, 3.05) is 6.54 Å². The Morgan fingerprint density at radius 2 is 1.96 bits per heavy atom. The van der Waals surface area contributed by atoms with Crippen LogP contribution < -0.4 is 5.32 Å². The predicted molar refractivity (Wildman–Crippen MR) is 91.0 cm³/mol. The molecular formula is C18H18N4O5. The third-order valence-electron chi connectivity index (χ3n) is 4.85. The highest BCUT2D eigenvalue weighted by Crippen LogP contribution is 2.34. The molecule has 1 N–H and O–H groups in total. The van der Waals surface area contributed by atoms with Crippen molar-refractivity contribution in [2.45, 2.75) is 37.8 Å². The van der Waals surface area contributed by atoms with Crippen LogP contribution in [0.3, 0.4) is 0 Å². The van der Waals surface area contributed by atoms with Crippen LogP contribution in [0, 0.1) is 0 Å². The van der Waals surface area contributed by atoms with Crippen LogP contribution in [0.4, 0.5) is 4.79 Å². The van der Waals surface area contributed by atoms with Gasteiger partial charge in [0.1, 0.15) is 12.1 Å². The fourth-order valence-corrected chi connectivity index (χ4v) is 3.47. The van der Waals surface area contributed by atoms with Gasteiger partial charge in [-0.15, -0.1) is 0 Å². The number of hydrogen-bond acceptors (Lipinski definition) is 7. The number of benzene rings is 1. The average molecular weight is 370 g/mol. The molecule has 1 aliphatic heterocycles. The van der Waals surface area contributed by atoms with Crippen molar-refractivity contribution in [1.29, 1.82) is 0 Å². The standard InChI is InChI=1S/C18H18N4O5/c23-14(10-22-16(24)18(20-17(22)25)8-4-5-9-18)26-11-13-19-15(21-27-13)12-6-2-1-3-7-12/h1-3,6-7H,4-5,8-11H2,(H,20,25). The first-order valence-electron chi connectivity index (χ1n) is 8.75. The molecule has 4 rings (SSSR count). The van der Waals surface area contributed by atoms with Crippen molar-refractivity contribution < 1.29 is 23.6 Å². The minimum atomic E-state index is -0.839. The molecule has 9 heteroatoms. The number of urea groups is 1. The molecule has 1 saturated carbocycles. The third kappa shape index (κ3) is 3.27. The van der Waals surface area contributed by atoms with Crippen LogP contribution in [0.15, 0.2) is 34.9 Å². The van der Waals surface area contributed by atoms with E-state index in [-0.39, 0.29) is 18.4 Å². The molecule has 140 valence electrons. The van der Waals surface area contributed by atoms with Gasteiger partial charge < -0.3 is 14.6 Å². The largest absolute Gasteiger partial charge is 0.454 e. The Kier molecular flexibility index (Phi) is 4.35. The van der Waals surface area contributed by atoms with Crippen LogP contribution in [0.5, 0.6) is 0 Å². The van der Waals surface area contributed by atoms with E-state index in [1.54, 1.807) is 0 Å². The van der Waals surface area contributed by atoms with E-state index in [2.05, 4.69) is 15.5 Å². The van der Waals surface area contributed by atoms with Gasteiger partial charge in [-0.1, -0.05) is 48.3 Å². The quantitative estimate of drug-likeness (QED) is 0.628. The van der Waals surface area contributed by atoms with Crippen molar-refractivity contribution in [1.82, 2.24) is 20.4 Å². The zero-order valence-corrected chi connectivity index (χ0v) is 14.5. The van der Waals surface area contributed by atoms with Gasteiger partial charge in [-0.3, -0.25) is 14.5 Å². The summed E-state index contributed by atoms with van der Waals surface area (Å²) in [5.74, 6) is -0.551. The molecule has 0 bridgehead atoms. The number of rotatable bonds is 5. The fourth-order valence-electron chi connectivity index (χ4n) is 3.47. The summed E-state index contributed by atoms with van der Waals surface area (Å²) in [6.07, 6.45) is 2.97. The fraction of sp³-hybridized carbons (Fsp3) is 0.389. The maximum atomic E-state index is 12.5. The number of carbonyl (C=O) groups excluding carboxylic acids is 3. The smallest absolute Gasteiger partial charge is 0.326 e. The first-order chi connectivity index (χ1) is 13.1. The van der Waals surface area contributed by atoms with Crippen LogP contribution in [0.1, 0.15) is 31.6 Å². The normalized spacial score (nSPS) is 18.1. The molecule has 0 radical (unpaired) electrons. The van der Waals surface area contributed by atoms with Gasteiger partial charge in [-0.25, -0.2) is 4.79 Å². The van der Waals surface area contributed by atoms with Crippen LogP contribution in [0.2, 0.25) is 0 Å². The number of esters is 1. The second-order valence-electron chi connectivity index (χ2n) is 6.65. The molecule has 3 amide bonds. The first-order valence-corrected chi connectivity index (χ1v) is 8.75. The number of imide groups is 1. The van der Waals surface area contributed by atoms with Gasteiger partial charge in [0, 0.05) is 5.56 Å². The van der Waals surface area contributed by atoms with Crippen molar-refractivity contribution in [3.8, 4) is 11.4 Å². The third-order valence-corrected chi connectivity index (χ3v) is 4.85. The second kappa shape index (κ2) is 6.82. The Balaban J connectivity index is 1.33. The Labute approximate surface area is 154 Å². The summed E-state index contributed by atoms with van der Waals surface area (Å²) in [7, 11) is 0. The molecule has 1 aromatic heterocycles. The first kappa shape index (κ1) is 17.2. The summed E-state index contributed by atoms with van der Waals surface area (Å²) < 4.78 is 10.1. The highest BCUT2D eigenvalue weighted by molar-refractivity contribution is 6.08. The molecule has 1 aliphatic carbocycles. The lowest BCUT2D eigenvalue weighted by Gasteiger charge is -2.19. The van der Waals surface area contributed by atoms with E-state index in [9.17, 15) is 14.4 Å². The lowest BCUT2D eigenvalue weighted by Crippen LogP contribution is -2.44. The van der Waals surface area contributed by atoms with Gasteiger partial charge in [0.15, 0.2) is 6.61 Å². The maximum Gasteiger partial charge on any atom is 0.326 e. The number of aromatic nitrogens is 2. The molecule has 2 fully saturated rings. The monoisotopic (exact) mass is 370 g/mol. The maximum absolute atomic E-state index is 12.5. The van der Waals surface area contributed by atoms with Gasteiger partial charge in [-0.05, 0) is 12.8 Å². The van der Waals surface area contributed by atoms with E-state index in [1.807, 2.05) is 30.3 Å². The van der Waals surface area contributed by atoms with E-state index in [0.717, 1.165) is 23.3 Å². The number of hydrogen-bond donors (Lipinski definition) is 1. The Morgan fingerprint density at radius 3 is 2.70 bits per heavy atom. The zero-order chi connectivity index (χ0) is 18.9. The summed E-state index contributed by atoms with van der Waals surface area (Å²) in [5, 5.41) is 6.55. The van der Waals surface area contributed by atoms with E-state index in [4.69, 9.17) is 9.26 Å². The minimum Gasteiger partial charge on any atom is -0.454 e. The molecule has 2 aliphatic rings. The molecule has 2 heterocycles. The Bertz CT molecular complexity index is 873. The molecule has 27 heavy (non-hydrogen) atoms. The van der Waals surface area contributed by atoms with Gasteiger partial charge in [0.25, 0.3) is 11.8 Å². The second-order valence-corrected chi connectivity index (χ2v) is 6.65. The van der Waals surface area contributed by atoms with Crippen molar-refractivity contribution in [2.24, 2.45) is 0 Å². The van der Waals surface area contributed by atoms with Gasteiger partial charge in [-0.2, -0.15) is 4.98 Å². The van der Waals surface area contributed by atoms with Gasteiger partial charge in [0.2, 0.25) is 5.82 Å². The number of amides is 3. The van der Waals surface area contributed by atoms with Crippen molar-refractivity contribution in [3.05, 3.63) is 36.2 Å². The van der Waals surface area contributed by atoms with E-state index in [1.165, 1.54) is 0 Å². The van der Waals surface area contributed by atoms with E-state index >= 15 is 0 Å². The predicted octanol–water partition coefficient (Wildman–Crippen LogP) is 1.64. The van der Waals surface area contributed by atoms with Crippen LogP contribution >= 0.6 is 0 Å². The topological polar surface area (TPSA) is 115 Å². The van der Waals surface area contributed by atoms with Gasteiger partial charge in [0.05, 0.1) is 0 Å². The summed E-state index contributed by atoms with van der Waals surface area (Å²) >= 11 is 0. The highest BCUT2D eigenvalue weighted by Gasteiger charge is 2.52. The minimum absolute atomic E-state index is 0.131. The number of nitrogens with zero attached hydrogens (tertiary/aromatic N) is 3. The molecule has 1 spiro atoms. The molecular weight excluding hydrogens is 352 g/mol. The highest BCUT2D eigenvalue weighted by atomic mass is 16.6. The van der Waals surface area contributed by atoms with Crippen molar-refractivity contribution >= 4 is 17.9 Å². The molecule has 2 aromatic rings. The molecule has 1 aromatic carbocycles. The SMILES string of the molecule is O=C(CN1C(=O)NC2(CCCC2)C1=O)OCc1nc(-c2ccccc2)no1. The van der Waals surface area contributed by atoms with E-state index < -0.39 is 24.1 Å². The molecule has 0 unspecified atom stereocenters. The average Bonchev–Trinajstić information content (AvgIpc) is 3.39. The van der Waals surface area contributed by atoms with E-state index in [0.29, 0.717) is 18.7 Å². The lowest BCUT2D eigenvalue weighted by molar-refractivity contribution is -0.149. The summed E-state index contributed by atoms with van der Waals surface area (Å²) in [4.78, 5) is 41.7. The van der Waals surface area contributed by atoms with Crippen LogP contribution in [0.25, 0.3) is 11.4 Å². The summed E-state index contributed by atoms with van der Waals surface area (Å²) in [6.45, 7) is -0.667. The molecule has 0 atom stereocenters. The Morgan fingerprint density at radius 1 is 1.22 bits per heavy atom. The Hall–Kier alpha value is -3.23. The summed E-state index contributed by atoms with van der Waals surface area (Å²) in [5.41, 5.74) is -0.0611. The van der Waals surface area contributed by atoms with Crippen LogP contribution in [-0.4, -0.2) is 45.0 Å². The number of carbonyl (C=O) groups is 3. The number of ether oxygens (including phenoxy) is 1. The number of nitrogens with one attached hydrogen (secondary N) is 1. The lowest BCUT2D eigenvalue weighted by atomic mass is 9.98. The molecule has 1 saturated heterocycles.